The molecular weight excluding hydrogens is 352 g/mol. The van der Waals surface area contributed by atoms with Gasteiger partial charge in [0.05, 0.1) is 13.2 Å². The number of esters is 1. The van der Waals surface area contributed by atoms with E-state index in [-0.39, 0.29) is 23.7 Å². The van der Waals surface area contributed by atoms with E-state index < -0.39 is 30.1 Å². The zero-order chi connectivity index (χ0) is 20.1. The van der Waals surface area contributed by atoms with Crippen LogP contribution in [0.1, 0.15) is 36.2 Å². The number of ketones is 1. The third-order valence-corrected chi connectivity index (χ3v) is 4.49. The zero-order valence-electron chi connectivity index (χ0n) is 15.5. The van der Waals surface area contributed by atoms with Gasteiger partial charge in [0.1, 0.15) is 29.3 Å². The lowest BCUT2D eigenvalue weighted by Crippen LogP contribution is -2.32. The average molecular weight is 376 g/mol. The number of ether oxygens (including phenoxy) is 2. The number of carbonyl (C=O) groups is 2. The van der Waals surface area contributed by atoms with E-state index in [0.29, 0.717) is 11.3 Å². The van der Waals surface area contributed by atoms with Crippen LogP contribution in [-0.2, 0) is 9.53 Å². The maximum atomic E-state index is 12.6. The lowest BCUT2D eigenvalue weighted by atomic mass is 9.99. The second-order valence-electron chi connectivity index (χ2n) is 6.49. The third-order valence-electron chi connectivity index (χ3n) is 4.49. The summed E-state index contributed by atoms with van der Waals surface area (Å²) >= 11 is 0. The van der Waals surface area contributed by atoms with E-state index in [1.165, 1.54) is 37.5 Å². The molecule has 0 aromatic heterocycles. The maximum absolute atomic E-state index is 12.6. The van der Waals surface area contributed by atoms with E-state index in [4.69, 9.17) is 9.47 Å². The van der Waals surface area contributed by atoms with Gasteiger partial charge in [-0.15, -0.1) is 0 Å². The molecule has 1 aliphatic heterocycles. The van der Waals surface area contributed by atoms with Crippen molar-refractivity contribution in [2.45, 2.75) is 38.6 Å². The minimum atomic E-state index is -1.56. The van der Waals surface area contributed by atoms with Gasteiger partial charge in [0, 0.05) is 12.0 Å². The van der Waals surface area contributed by atoms with Gasteiger partial charge in [-0.25, -0.2) is 4.79 Å². The molecule has 27 heavy (non-hydrogen) atoms. The molecule has 1 aromatic carbocycles. The molecule has 0 amide bonds. The molecule has 146 valence electrons. The highest BCUT2D eigenvalue weighted by molar-refractivity contribution is 5.97. The number of aromatic hydroxyl groups is 1. The van der Waals surface area contributed by atoms with Gasteiger partial charge in [-0.2, -0.15) is 0 Å². The minimum Gasteiger partial charge on any atom is -0.507 e. The van der Waals surface area contributed by atoms with Crippen molar-refractivity contribution in [1.29, 1.82) is 0 Å². The molecule has 1 aromatic rings. The first kappa shape index (κ1) is 20.7. The molecule has 0 fully saturated rings. The van der Waals surface area contributed by atoms with Crippen molar-refractivity contribution in [2.24, 2.45) is 5.92 Å². The first-order chi connectivity index (χ1) is 12.7. The van der Waals surface area contributed by atoms with Crippen LogP contribution in [0.15, 0.2) is 30.4 Å². The first-order valence-corrected chi connectivity index (χ1v) is 8.61. The fourth-order valence-corrected chi connectivity index (χ4v) is 2.58. The number of hydrogen-bond acceptors (Lipinski definition) is 7. The molecule has 0 unspecified atom stereocenters. The molecule has 2 rings (SSSR count). The molecule has 0 aliphatic carbocycles. The van der Waals surface area contributed by atoms with E-state index in [1.54, 1.807) is 19.9 Å². The third kappa shape index (κ3) is 4.96. The van der Waals surface area contributed by atoms with Gasteiger partial charge in [0.15, 0.2) is 5.78 Å². The topological polar surface area (TPSA) is 113 Å². The van der Waals surface area contributed by atoms with E-state index in [0.717, 1.165) is 0 Å². The standard InChI is InChI=1S/C20H24O7/c1-11-7-8-16(22)19(24)15(21)6-4-5-13-9-14(26-3)10-17(23)18(13)20(25)27-12(11)2/h4-5,7-12,15,19,21,23-24H,6H2,1-3H3/b5-4+,8-7-/t11-,12-,15-,19-/m0/s1. The Morgan fingerprint density at radius 3 is 2.52 bits per heavy atom. The summed E-state index contributed by atoms with van der Waals surface area (Å²) < 4.78 is 10.5. The fourth-order valence-electron chi connectivity index (χ4n) is 2.58. The Morgan fingerprint density at radius 1 is 1.15 bits per heavy atom. The molecular formula is C20H24O7. The van der Waals surface area contributed by atoms with Crippen molar-refractivity contribution in [3.8, 4) is 11.5 Å². The Bertz CT molecular complexity index is 766. The molecule has 7 heteroatoms. The quantitative estimate of drug-likeness (QED) is 0.641. The number of methoxy groups -OCH3 is 1. The number of benzene rings is 1. The highest BCUT2D eigenvalue weighted by atomic mass is 16.5. The van der Waals surface area contributed by atoms with Crippen molar-refractivity contribution in [2.75, 3.05) is 7.11 Å². The normalized spacial score (nSPS) is 29.2. The predicted octanol–water partition coefficient (Wildman–Crippen LogP) is 1.85. The van der Waals surface area contributed by atoms with Crippen molar-refractivity contribution in [3.05, 3.63) is 41.5 Å². The molecule has 1 aliphatic rings. The summed E-state index contributed by atoms with van der Waals surface area (Å²) in [6.07, 6.45) is 2.19. The Hall–Kier alpha value is -2.64. The van der Waals surface area contributed by atoms with Crippen LogP contribution in [0, 0.1) is 5.92 Å². The Kier molecular flexibility index (Phi) is 6.76. The summed E-state index contributed by atoms with van der Waals surface area (Å²) in [6, 6.07) is 2.85. The number of phenolic OH excluding ortho intramolecular Hbond substituents is 1. The van der Waals surface area contributed by atoms with Gasteiger partial charge in [-0.3, -0.25) is 4.79 Å². The Labute approximate surface area is 157 Å². The number of carbonyl (C=O) groups excluding carboxylic acids is 2. The lowest BCUT2D eigenvalue weighted by molar-refractivity contribution is -0.127. The predicted molar refractivity (Wildman–Crippen MR) is 98.5 cm³/mol. The molecule has 1 heterocycles. The molecule has 0 radical (unpaired) electrons. The molecule has 3 N–H and O–H groups in total. The first-order valence-electron chi connectivity index (χ1n) is 8.61. The number of aliphatic hydroxyl groups is 2. The number of rotatable bonds is 1. The number of hydrogen-bond donors (Lipinski definition) is 3. The van der Waals surface area contributed by atoms with E-state index >= 15 is 0 Å². The van der Waals surface area contributed by atoms with Crippen molar-refractivity contribution in [1.82, 2.24) is 0 Å². The van der Waals surface area contributed by atoms with Gasteiger partial charge in [-0.05, 0) is 31.1 Å². The van der Waals surface area contributed by atoms with Gasteiger partial charge >= 0.3 is 5.97 Å². The van der Waals surface area contributed by atoms with Crippen LogP contribution in [0.5, 0.6) is 11.5 Å². The summed E-state index contributed by atoms with van der Waals surface area (Å²) in [5.74, 6) is -1.63. The SMILES string of the molecule is COc1cc(O)c2c(c1)/C=C/C[C@H](O)[C@H](O)C(=O)/C=C\[C@H](C)[C@H](C)OC2=O. The van der Waals surface area contributed by atoms with Gasteiger partial charge < -0.3 is 24.8 Å². The second kappa shape index (κ2) is 8.83. The molecule has 0 bridgehead atoms. The van der Waals surface area contributed by atoms with Gasteiger partial charge in [-0.1, -0.05) is 25.2 Å². The summed E-state index contributed by atoms with van der Waals surface area (Å²) in [7, 11) is 1.42. The van der Waals surface area contributed by atoms with Crippen LogP contribution in [0.2, 0.25) is 0 Å². The Morgan fingerprint density at radius 2 is 1.85 bits per heavy atom. The van der Waals surface area contributed by atoms with Crippen LogP contribution >= 0.6 is 0 Å². The van der Waals surface area contributed by atoms with Crippen LogP contribution in [0.25, 0.3) is 6.08 Å². The summed E-state index contributed by atoms with van der Waals surface area (Å²) in [4.78, 5) is 24.6. The van der Waals surface area contributed by atoms with Crippen molar-refractivity contribution in [3.63, 3.8) is 0 Å². The molecule has 4 atom stereocenters. The second-order valence-corrected chi connectivity index (χ2v) is 6.49. The lowest BCUT2D eigenvalue weighted by Gasteiger charge is -2.20. The minimum absolute atomic E-state index is 0.0286. The van der Waals surface area contributed by atoms with E-state index in [2.05, 4.69) is 0 Å². The summed E-state index contributed by atoms with van der Waals surface area (Å²) in [5.41, 5.74) is 0.301. The molecule has 0 saturated carbocycles. The van der Waals surface area contributed by atoms with Gasteiger partial charge in [0.25, 0.3) is 0 Å². The van der Waals surface area contributed by atoms with E-state index in [9.17, 15) is 24.9 Å². The largest absolute Gasteiger partial charge is 0.507 e. The smallest absolute Gasteiger partial charge is 0.342 e. The summed E-state index contributed by atoms with van der Waals surface area (Å²) in [5, 5.41) is 30.2. The number of fused-ring (bicyclic) bond motifs is 1. The number of aliphatic hydroxyl groups excluding tert-OH is 2. The Balaban J connectivity index is 2.50. The molecule has 7 nitrogen and oxygen atoms in total. The molecule has 0 spiro atoms. The maximum Gasteiger partial charge on any atom is 0.342 e. The van der Waals surface area contributed by atoms with E-state index in [1.807, 2.05) is 0 Å². The van der Waals surface area contributed by atoms with Crippen LogP contribution in [0.3, 0.4) is 0 Å². The van der Waals surface area contributed by atoms with Crippen molar-refractivity contribution < 1.29 is 34.4 Å². The fraction of sp³-hybridized carbons (Fsp3) is 0.400. The monoisotopic (exact) mass is 376 g/mol. The highest BCUT2D eigenvalue weighted by Gasteiger charge is 2.25. The van der Waals surface area contributed by atoms with Crippen LogP contribution < -0.4 is 4.74 Å². The van der Waals surface area contributed by atoms with Crippen LogP contribution in [0.4, 0.5) is 0 Å². The van der Waals surface area contributed by atoms with Gasteiger partial charge in [0.2, 0.25) is 0 Å². The highest BCUT2D eigenvalue weighted by Crippen LogP contribution is 2.30. The average Bonchev–Trinajstić information content (AvgIpc) is 2.63. The number of cyclic esters (lactones) is 1. The van der Waals surface area contributed by atoms with Crippen LogP contribution in [-0.4, -0.2) is 52.5 Å². The number of phenols is 1. The van der Waals surface area contributed by atoms with Crippen molar-refractivity contribution >= 4 is 17.8 Å². The summed E-state index contributed by atoms with van der Waals surface area (Å²) in [6.45, 7) is 3.40. The zero-order valence-corrected chi connectivity index (χ0v) is 15.5. The molecule has 0 saturated heterocycles.